The number of sulfonamides is 1. The Morgan fingerprint density at radius 3 is 2.29 bits per heavy atom. The molecule has 224 valence electrons. The average molecular weight is 635 g/mol. The predicted octanol–water partition coefficient (Wildman–Crippen LogP) is 4.70. The first-order valence-corrected chi connectivity index (χ1v) is 15.9. The van der Waals surface area contributed by atoms with Gasteiger partial charge in [-0.25, -0.2) is 8.42 Å². The summed E-state index contributed by atoms with van der Waals surface area (Å²) < 4.78 is 39.0. The Bertz CT molecular complexity index is 1520. The molecule has 0 radical (unpaired) electrons. The Morgan fingerprint density at radius 2 is 1.62 bits per heavy atom. The molecule has 3 aromatic rings. The predicted molar refractivity (Wildman–Crippen MR) is 164 cm³/mol. The van der Waals surface area contributed by atoms with Gasteiger partial charge >= 0.3 is 0 Å². The van der Waals surface area contributed by atoms with Crippen LogP contribution in [0.15, 0.2) is 66.7 Å². The van der Waals surface area contributed by atoms with E-state index in [9.17, 15) is 18.0 Å². The Labute approximate surface area is 256 Å². The SMILES string of the molecule is CCNC(=O)C(Cc1ccccc1)N(Cc1ccc(Cl)c(Cl)c1)C(=O)CN(c1ccc2c(c1)OCCO2)S(=O)(=O)CC. The van der Waals surface area contributed by atoms with Crippen LogP contribution < -0.4 is 19.1 Å². The van der Waals surface area contributed by atoms with Gasteiger partial charge in [-0.05, 0) is 49.2 Å². The molecule has 1 aliphatic rings. The second-order valence-electron chi connectivity index (χ2n) is 9.61. The molecule has 0 saturated carbocycles. The van der Waals surface area contributed by atoms with Gasteiger partial charge in [0.25, 0.3) is 0 Å². The van der Waals surface area contributed by atoms with Gasteiger partial charge < -0.3 is 19.7 Å². The number of hydrogen-bond acceptors (Lipinski definition) is 6. The maximum Gasteiger partial charge on any atom is 0.244 e. The minimum Gasteiger partial charge on any atom is -0.486 e. The summed E-state index contributed by atoms with van der Waals surface area (Å²) in [6.07, 6.45) is 0.213. The summed E-state index contributed by atoms with van der Waals surface area (Å²) in [7, 11) is -3.92. The Hall–Kier alpha value is -3.47. The number of nitrogens with zero attached hydrogens (tertiary/aromatic N) is 2. The van der Waals surface area contributed by atoms with Crippen molar-refractivity contribution in [3.05, 3.63) is 87.9 Å². The van der Waals surface area contributed by atoms with Crippen molar-refractivity contribution in [2.75, 3.05) is 36.4 Å². The summed E-state index contributed by atoms with van der Waals surface area (Å²) in [6.45, 7) is 3.81. The summed E-state index contributed by atoms with van der Waals surface area (Å²) in [5.41, 5.74) is 1.72. The molecule has 0 aromatic heterocycles. The first kappa shape index (κ1) is 31.5. The van der Waals surface area contributed by atoms with Crippen molar-refractivity contribution in [3.8, 4) is 11.5 Å². The van der Waals surface area contributed by atoms with Gasteiger partial charge in [-0.1, -0.05) is 59.6 Å². The van der Waals surface area contributed by atoms with Crippen LogP contribution in [-0.4, -0.2) is 63.2 Å². The van der Waals surface area contributed by atoms with Gasteiger partial charge in [-0.15, -0.1) is 0 Å². The van der Waals surface area contributed by atoms with Crippen molar-refractivity contribution in [3.63, 3.8) is 0 Å². The Kier molecular flexibility index (Phi) is 10.6. The van der Waals surface area contributed by atoms with Crippen LogP contribution in [0.25, 0.3) is 0 Å². The molecule has 1 heterocycles. The van der Waals surface area contributed by atoms with Crippen molar-refractivity contribution in [1.29, 1.82) is 0 Å². The zero-order chi connectivity index (χ0) is 30.3. The minimum atomic E-state index is -3.92. The molecule has 0 saturated heterocycles. The molecule has 0 spiro atoms. The topological polar surface area (TPSA) is 105 Å². The van der Waals surface area contributed by atoms with Crippen LogP contribution in [-0.2, 0) is 32.6 Å². The van der Waals surface area contributed by atoms with Gasteiger partial charge in [0.05, 0.1) is 21.5 Å². The third-order valence-electron chi connectivity index (χ3n) is 6.75. The highest BCUT2D eigenvalue weighted by Gasteiger charge is 2.34. The number of amides is 2. The van der Waals surface area contributed by atoms with E-state index in [1.165, 1.54) is 11.8 Å². The lowest BCUT2D eigenvalue weighted by molar-refractivity contribution is -0.140. The molecular formula is C30H33Cl2N3O6S. The van der Waals surface area contributed by atoms with Gasteiger partial charge in [0.15, 0.2) is 11.5 Å². The third-order valence-corrected chi connectivity index (χ3v) is 9.23. The molecule has 1 atom stereocenters. The maximum atomic E-state index is 14.2. The highest BCUT2D eigenvalue weighted by molar-refractivity contribution is 7.92. The number of carbonyl (C=O) groups excluding carboxylic acids is 2. The van der Waals surface area contributed by atoms with E-state index in [0.717, 1.165) is 9.87 Å². The molecule has 1 N–H and O–H groups in total. The van der Waals surface area contributed by atoms with Gasteiger partial charge in [0.2, 0.25) is 21.8 Å². The maximum absolute atomic E-state index is 14.2. The molecule has 0 fully saturated rings. The zero-order valence-corrected chi connectivity index (χ0v) is 25.7. The van der Waals surface area contributed by atoms with Crippen LogP contribution in [0.1, 0.15) is 25.0 Å². The Balaban J connectivity index is 1.75. The van der Waals surface area contributed by atoms with E-state index in [2.05, 4.69) is 5.32 Å². The molecule has 1 unspecified atom stereocenters. The van der Waals surface area contributed by atoms with Crippen molar-refractivity contribution >= 4 is 50.7 Å². The van der Waals surface area contributed by atoms with Crippen LogP contribution in [0.3, 0.4) is 0 Å². The second-order valence-corrected chi connectivity index (χ2v) is 12.6. The van der Waals surface area contributed by atoms with Crippen LogP contribution in [0.2, 0.25) is 10.0 Å². The fraction of sp³-hybridized carbons (Fsp3) is 0.333. The van der Waals surface area contributed by atoms with E-state index >= 15 is 0 Å². The second kappa shape index (κ2) is 14.1. The Morgan fingerprint density at radius 1 is 0.905 bits per heavy atom. The van der Waals surface area contributed by atoms with Crippen molar-refractivity contribution in [1.82, 2.24) is 10.2 Å². The highest BCUT2D eigenvalue weighted by atomic mass is 35.5. The van der Waals surface area contributed by atoms with Crippen molar-refractivity contribution < 1.29 is 27.5 Å². The average Bonchev–Trinajstić information content (AvgIpc) is 2.99. The van der Waals surface area contributed by atoms with Crippen LogP contribution in [0.4, 0.5) is 5.69 Å². The van der Waals surface area contributed by atoms with Crippen LogP contribution in [0.5, 0.6) is 11.5 Å². The number of benzene rings is 3. The monoisotopic (exact) mass is 633 g/mol. The fourth-order valence-corrected chi connectivity index (χ4v) is 5.96. The number of anilines is 1. The lowest BCUT2D eigenvalue weighted by atomic mass is 10.0. The minimum absolute atomic E-state index is 0.00842. The number of halogens is 2. The van der Waals surface area contributed by atoms with Crippen molar-refractivity contribution in [2.45, 2.75) is 32.9 Å². The standard InChI is InChI=1S/C30H33Cl2N3O6S/c1-3-33-30(37)26(17-21-8-6-5-7-9-21)34(19-22-10-12-24(31)25(32)16-22)29(36)20-35(42(38,39)4-2)23-11-13-27-28(18-23)41-15-14-40-27/h5-13,16,18,26H,3-4,14-15,17,19-20H2,1-2H3,(H,33,37). The molecule has 12 heteroatoms. The molecule has 42 heavy (non-hydrogen) atoms. The van der Waals surface area contributed by atoms with Gasteiger partial charge in [0.1, 0.15) is 25.8 Å². The lowest BCUT2D eigenvalue weighted by Gasteiger charge is -2.34. The number of nitrogens with one attached hydrogen (secondary N) is 1. The van der Waals surface area contributed by atoms with E-state index in [4.69, 9.17) is 32.7 Å². The van der Waals surface area contributed by atoms with Crippen LogP contribution >= 0.6 is 23.2 Å². The molecule has 3 aromatic carbocycles. The molecule has 2 amide bonds. The van der Waals surface area contributed by atoms with E-state index in [0.29, 0.717) is 46.9 Å². The first-order chi connectivity index (χ1) is 20.1. The van der Waals surface area contributed by atoms with Gasteiger partial charge in [0, 0.05) is 25.6 Å². The number of hydrogen-bond donors (Lipinski definition) is 1. The number of likely N-dealkylation sites (N-methyl/N-ethyl adjacent to an activating group) is 1. The van der Waals surface area contributed by atoms with Gasteiger partial charge in [-0.3, -0.25) is 13.9 Å². The van der Waals surface area contributed by atoms with E-state index in [-0.39, 0.29) is 30.3 Å². The zero-order valence-electron chi connectivity index (χ0n) is 23.4. The quantitative estimate of drug-likeness (QED) is 0.310. The summed E-state index contributed by atoms with van der Waals surface area (Å²) >= 11 is 12.4. The number of ether oxygens (including phenoxy) is 2. The lowest BCUT2D eigenvalue weighted by Crippen LogP contribution is -2.53. The third kappa shape index (κ3) is 7.67. The largest absolute Gasteiger partial charge is 0.486 e. The number of fused-ring (bicyclic) bond motifs is 1. The smallest absolute Gasteiger partial charge is 0.244 e. The molecule has 0 bridgehead atoms. The summed E-state index contributed by atoms with van der Waals surface area (Å²) in [6, 6.07) is 18.1. The summed E-state index contributed by atoms with van der Waals surface area (Å²) in [5, 5.41) is 3.47. The summed E-state index contributed by atoms with van der Waals surface area (Å²) in [4.78, 5) is 29.1. The number of rotatable bonds is 12. The van der Waals surface area contributed by atoms with E-state index in [1.807, 2.05) is 30.3 Å². The highest BCUT2D eigenvalue weighted by Crippen LogP contribution is 2.35. The number of carbonyl (C=O) groups is 2. The van der Waals surface area contributed by atoms with E-state index in [1.54, 1.807) is 43.3 Å². The normalized spacial score (nSPS) is 13.2. The molecule has 9 nitrogen and oxygen atoms in total. The molecule has 4 rings (SSSR count). The molecular weight excluding hydrogens is 601 g/mol. The van der Waals surface area contributed by atoms with E-state index < -0.39 is 28.5 Å². The van der Waals surface area contributed by atoms with Crippen LogP contribution in [0, 0.1) is 0 Å². The fourth-order valence-electron chi connectivity index (χ4n) is 4.59. The molecule has 1 aliphatic heterocycles. The first-order valence-electron chi connectivity index (χ1n) is 13.6. The summed E-state index contributed by atoms with van der Waals surface area (Å²) in [5.74, 6) is -0.296. The molecule has 0 aliphatic carbocycles. The van der Waals surface area contributed by atoms with Crippen molar-refractivity contribution in [2.24, 2.45) is 0 Å². The van der Waals surface area contributed by atoms with Gasteiger partial charge in [-0.2, -0.15) is 0 Å².